The highest BCUT2D eigenvalue weighted by Gasteiger charge is 2.18. The Morgan fingerprint density at radius 1 is 1.42 bits per heavy atom. The van der Waals surface area contributed by atoms with E-state index in [1.807, 2.05) is 0 Å². The van der Waals surface area contributed by atoms with E-state index in [-0.39, 0.29) is 26.3 Å². The minimum Gasteiger partial charge on any atom is -0.394 e. The van der Waals surface area contributed by atoms with Crippen LogP contribution in [-0.2, 0) is 0 Å². The lowest BCUT2D eigenvalue weighted by Gasteiger charge is -2.21. The van der Waals surface area contributed by atoms with Crippen molar-refractivity contribution in [2.75, 3.05) is 26.3 Å². The van der Waals surface area contributed by atoms with E-state index in [0.717, 1.165) is 0 Å². The maximum absolute atomic E-state index is 9.25. The fourth-order valence-electron chi connectivity index (χ4n) is 0.629. The van der Waals surface area contributed by atoms with Gasteiger partial charge < -0.3 is 25.7 Å². The summed E-state index contributed by atoms with van der Waals surface area (Å²) in [6.07, 6.45) is -0.820. The molecule has 12 heavy (non-hydrogen) atoms. The van der Waals surface area contributed by atoms with Crippen molar-refractivity contribution >= 4 is 0 Å². The molecule has 1 unspecified atom stereocenters. The maximum Gasteiger partial charge on any atom is 0.0972 e. The van der Waals surface area contributed by atoms with Crippen LogP contribution in [-0.4, -0.2) is 58.4 Å². The molecule has 0 radical (unpaired) electrons. The van der Waals surface area contributed by atoms with Crippen molar-refractivity contribution in [3.05, 3.63) is 0 Å². The van der Waals surface area contributed by atoms with Crippen LogP contribution < -0.4 is 5.32 Å². The number of aliphatic hydroxyl groups excluding tert-OH is 3. The Kier molecular flexibility index (Phi) is 5.36. The highest BCUT2D eigenvalue weighted by Crippen LogP contribution is 1.97. The van der Waals surface area contributed by atoms with Crippen molar-refractivity contribution in [2.45, 2.75) is 18.6 Å². The number of nitrogens with one attached hydrogen (secondary N) is 1. The fourth-order valence-corrected chi connectivity index (χ4v) is 0.629. The van der Waals surface area contributed by atoms with E-state index in [0.29, 0.717) is 0 Å². The summed E-state index contributed by atoms with van der Waals surface area (Å²) >= 11 is 0. The fraction of sp³-hybridized carbons (Fsp3) is 1.00. The molecule has 0 aromatic heterocycles. The third-order valence-electron chi connectivity index (χ3n) is 1.44. The minimum absolute atomic E-state index is 0.181. The van der Waals surface area contributed by atoms with Crippen LogP contribution in [0.5, 0.6) is 0 Å². The molecule has 5 nitrogen and oxygen atoms in total. The van der Waals surface area contributed by atoms with Crippen molar-refractivity contribution in [1.29, 1.82) is 0 Å². The predicted octanol–water partition coefficient (Wildman–Crippen LogP) is -2.33. The van der Waals surface area contributed by atoms with Gasteiger partial charge >= 0.3 is 0 Å². The summed E-state index contributed by atoms with van der Waals surface area (Å²) < 4.78 is 0. The summed E-state index contributed by atoms with van der Waals surface area (Å²) in [6, 6.07) is 0. The summed E-state index contributed by atoms with van der Waals surface area (Å²) in [5.74, 6) is 0. The number of aliphatic hydroxyl groups is 4. The third kappa shape index (κ3) is 5.45. The molecule has 0 spiro atoms. The number of hydrogen-bond acceptors (Lipinski definition) is 5. The maximum atomic E-state index is 9.25. The summed E-state index contributed by atoms with van der Waals surface area (Å²) in [6.45, 7) is 1.21. The van der Waals surface area contributed by atoms with Crippen LogP contribution in [0.3, 0.4) is 0 Å². The summed E-state index contributed by atoms with van der Waals surface area (Å²) in [5.41, 5.74) is -1.17. The molecule has 0 bridgehead atoms. The van der Waals surface area contributed by atoms with Gasteiger partial charge in [0.15, 0.2) is 0 Å². The molecule has 0 aliphatic rings. The van der Waals surface area contributed by atoms with Gasteiger partial charge in [0.1, 0.15) is 0 Å². The first kappa shape index (κ1) is 11.8. The van der Waals surface area contributed by atoms with E-state index in [4.69, 9.17) is 15.3 Å². The Bertz CT molecular complexity index is 118. The van der Waals surface area contributed by atoms with Crippen LogP contribution in [0.25, 0.3) is 0 Å². The van der Waals surface area contributed by atoms with E-state index in [1.54, 1.807) is 0 Å². The average Bonchev–Trinajstić information content (AvgIpc) is 2.04. The average molecular weight is 179 g/mol. The van der Waals surface area contributed by atoms with Gasteiger partial charge in [-0.1, -0.05) is 0 Å². The topological polar surface area (TPSA) is 93.0 Å². The summed E-state index contributed by atoms with van der Waals surface area (Å²) in [4.78, 5) is 0. The second-order valence-corrected chi connectivity index (χ2v) is 3.12. The predicted molar refractivity (Wildman–Crippen MR) is 43.7 cm³/mol. The number of rotatable bonds is 6. The third-order valence-corrected chi connectivity index (χ3v) is 1.44. The SMILES string of the molecule is CC(O)(CO)CNC[C@H](O)CO. The zero-order valence-corrected chi connectivity index (χ0v) is 7.19. The monoisotopic (exact) mass is 179 g/mol. The van der Waals surface area contributed by atoms with Gasteiger partial charge in [-0.3, -0.25) is 0 Å². The molecule has 0 aliphatic carbocycles. The van der Waals surface area contributed by atoms with Gasteiger partial charge in [0, 0.05) is 13.1 Å². The second kappa shape index (κ2) is 5.45. The molecule has 0 amide bonds. The quantitative estimate of drug-likeness (QED) is 0.315. The van der Waals surface area contributed by atoms with Gasteiger partial charge in [0.05, 0.1) is 24.9 Å². The first-order chi connectivity index (χ1) is 5.52. The number of hydrogen-bond donors (Lipinski definition) is 5. The zero-order valence-electron chi connectivity index (χ0n) is 7.19. The van der Waals surface area contributed by atoms with E-state index < -0.39 is 11.7 Å². The van der Waals surface area contributed by atoms with Gasteiger partial charge in [0.2, 0.25) is 0 Å². The molecule has 2 atom stereocenters. The molecule has 0 heterocycles. The Balaban J connectivity index is 3.42. The first-order valence-corrected chi connectivity index (χ1v) is 3.84. The molecule has 0 fully saturated rings. The Hall–Kier alpha value is -0.200. The molecule has 0 aromatic carbocycles. The summed E-state index contributed by atoms with van der Waals surface area (Å²) in [7, 11) is 0. The van der Waals surface area contributed by atoms with Gasteiger partial charge in [0.25, 0.3) is 0 Å². The Morgan fingerprint density at radius 3 is 2.42 bits per heavy atom. The highest BCUT2D eigenvalue weighted by atomic mass is 16.3. The largest absolute Gasteiger partial charge is 0.394 e. The molecular formula is C7H17NO4. The lowest BCUT2D eigenvalue weighted by molar-refractivity contribution is -0.000716. The Morgan fingerprint density at radius 2 is 2.00 bits per heavy atom. The molecule has 0 aliphatic heterocycles. The molecule has 5 heteroatoms. The van der Waals surface area contributed by atoms with E-state index in [2.05, 4.69) is 5.32 Å². The molecule has 74 valence electrons. The normalized spacial score (nSPS) is 18.8. The van der Waals surface area contributed by atoms with Crippen LogP contribution in [0.15, 0.2) is 0 Å². The van der Waals surface area contributed by atoms with Crippen LogP contribution in [0.2, 0.25) is 0 Å². The van der Waals surface area contributed by atoms with Crippen molar-refractivity contribution in [3.8, 4) is 0 Å². The summed E-state index contributed by atoms with van der Waals surface area (Å²) in [5, 5.41) is 37.9. The van der Waals surface area contributed by atoms with Gasteiger partial charge in [-0.15, -0.1) is 0 Å². The molecule has 5 N–H and O–H groups in total. The molecular weight excluding hydrogens is 162 g/mol. The van der Waals surface area contributed by atoms with Gasteiger partial charge in [-0.2, -0.15) is 0 Å². The molecule has 0 saturated heterocycles. The molecule has 0 saturated carbocycles. The van der Waals surface area contributed by atoms with E-state index in [9.17, 15) is 5.11 Å². The van der Waals surface area contributed by atoms with E-state index in [1.165, 1.54) is 6.92 Å². The highest BCUT2D eigenvalue weighted by molar-refractivity contribution is 4.74. The van der Waals surface area contributed by atoms with Gasteiger partial charge in [-0.25, -0.2) is 0 Å². The van der Waals surface area contributed by atoms with Crippen LogP contribution in [0.4, 0.5) is 0 Å². The zero-order chi connectivity index (χ0) is 9.61. The van der Waals surface area contributed by atoms with Crippen molar-refractivity contribution in [1.82, 2.24) is 5.32 Å². The molecule has 0 rings (SSSR count). The first-order valence-electron chi connectivity index (χ1n) is 3.84. The van der Waals surface area contributed by atoms with Crippen LogP contribution in [0, 0.1) is 0 Å². The lowest BCUT2D eigenvalue weighted by atomic mass is 10.1. The smallest absolute Gasteiger partial charge is 0.0972 e. The van der Waals surface area contributed by atoms with Crippen LogP contribution >= 0.6 is 0 Å². The standard InChI is InChI=1S/C7H17NO4/c1-7(12,5-10)4-8-2-6(11)3-9/h6,8-12H,2-5H2,1H3/t6-,7?/m0/s1. The van der Waals surface area contributed by atoms with E-state index >= 15 is 0 Å². The molecule has 0 aromatic rings. The van der Waals surface area contributed by atoms with Gasteiger partial charge in [-0.05, 0) is 6.92 Å². The lowest BCUT2D eigenvalue weighted by Crippen LogP contribution is -2.43. The van der Waals surface area contributed by atoms with Crippen molar-refractivity contribution in [3.63, 3.8) is 0 Å². The van der Waals surface area contributed by atoms with Crippen LogP contribution in [0.1, 0.15) is 6.92 Å². The van der Waals surface area contributed by atoms with Crippen molar-refractivity contribution in [2.24, 2.45) is 0 Å². The minimum atomic E-state index is -1.17. The Labute approximate surface area is 71.7 Å². The second-order valence-electron chi connectivity index (χ2n) is 3.12. The van der Waals surface area contributed by atoms with Crippen molar-refractivity contribution < 1.29 is 20.4 Å².